The van der Waals surface area contributed by atoms with E-state index < -0.39 is 0 Å². The first kappa shape index (κ1) is 18.7. The van der Waals surface area contributed by atoms with E-state index in [1.54, 1.807) is 6.92 Å². The fourth-order valence-corrected chi connectivity index (χ4v) is 3.15. The molecule has 0 fully saturated rings. The summed E-state index contributed by atoms with van der Waals surface area (Å²) in [5.74, 6) is 0.154. The van der Waals surface area contributed by atoms with Crippen molar-refractivity contribution >= 4 is 23.1 Å². The molecule has 5 nitrogen and oxygen atoms in total. The summed E-state index contributed by atoms with van der Waals surface area (Å²) in [6.07, 6.45) is 0. The molecule has 2 amide bonds. The van der Waals surface area contributed by atoms with E-state index in [1.807, 2.05) is 63.2 Å². The van der Waals surface area contributed by atoms with Crippen LogP contribution in [0.2, 0.25) is 0 Å². The van der Waals surface area contributed by atoms with E-state index in [0.717, 1.165) is 22.6 Å². The lowest BCUT2D eigenvalue weighted by molar-refractivity contribution is -0.136. The summed E-state index contributed by atoms with van der Waals surface area (Å²) in [5.41, 5.74) is 4.40. The van der Waals surface area contributed by atoms with Gasteiger partial charge in [-0.2, -0.15) is 0 Å². The summed E-state index contributed by atoms with van der Waals surface area (Å²) in [4.78, 5) is 27.0. The van der Waals surface area contributed by atoms with Crippen LogP contribution < -0.4 is 10.1 Å². The Labute approximate surface area is 159 Å². The summed E-state index contributed by atoms with van der Waals surface area (Å²) < 4.78 is 5.47. The Balaban J connectivity index is 2.07. The van der Waals surface area contributed by atoms with Gasteiger partial charge in [0.25, 0.3) is 11.8 Å². The number of ether oxygens (including phenoxy) is 1. The third-order valence-electron chi connectivity index (χ3n) is 4.80. The van der Waals surface area contributed by atoms with Gasteiger partial charge in [0.05, 0.1) is 12.2 Å². The van der Waals surface area contributed by atoms with Gasteiger partial charge in [-0.3, -0.25) is 14.5 Å². The van der Waals surface area contributed by atoms with Crippen LogP contribution in [-0.4, -0.2) is 29.9 Å². The van der Waals surface area contributed by atoms with Crippen LogP contribution in [0.5, 0.6) is 5.75 Å². The molecule has 1 aliphatic rings. The predicted octanol–water partition coefficient (Wildman–Crippen LogP) is 3.91. The third-order valence-corrected chi connectivity index (χ3v) is 4.80. The Morgan fingerprint density at radius 1 is 0.963 bits per heavy atom. The Kier molecular flexibility index (Phi) is 5.31. The first-order valence-electron chi connectivity index (χ1n) is 9.14. The van der Waals surface area contributed by atoms with Crippen LogP contribution in [0.1, 0.15) is 30.5 Å². The highest BCUT2D eigenvalue weighted by atomic mass is 16.5. The standard InChI is InChI=1S/C22H24N2O3/c1-5-24-21(25)19(16-10-12-17(13-11-16)27-6-2)20(22(24)26)23-18-9-7-8-14(3)15(18)4/h7-13,23H,5-6H2,1-4H3. The number of hydrogen-bond donors (Lipinski definition) is 1. The number of nitrogens with one attached hydrogen (secondary N) is 1. The number of carbonyl (C=O) groups is 2. The minimum Gasteiger partial charge on any atom is -0.494 e. The van der Waals surface area contributed by atoms with E-state index >= 15 is 0 Å². The van der Waals surface area contributed by atoms with Crippen molar-refractivity contribution in [3.05, 3.63) is 64.9 Å². The van der Waals surface area contributed by atoms with Crippen LogP contribution in [0.25, 0.3) is 5.57 Å². The quantitative estimate of drug-likeness (QED) is 0.790. The van der Waals surface area contributed by atoms with Crippen molar-refractivity contribution in [2.45, 2.75) is 27.7 Å². The maximum atomic E-state index is 12.9. The zero-order valence-electron chi connectivity index (χ0n) is 16.1. The van der Waals surface area contributed by atoms with Gasteiger partial charge in [0.15, 0.2) is 0 Å². The highest BCUT2D eigenvalue weighted by molar-refractivity contribution is 6.36. The number of amides is 2. The molecule has 0 saturated heterocycles. The topological polar surface area (TPSA) is 58.6 Å². The Bertz CT molecular complexity index is 914. The zero-order valence-corrected chi connectivity index (χ0v) is 16.1. The molecule has 2 aromatic rings. The van der Waals surface area contributed by atoms with E-state index in [1.165, 1.54) is 4.90 Å². The fourth-order valence-electron chi connectivity index (χ4n) is 3.15. The van der Waals surface area contributed by atoms with Crippen LogP contribution in [0.3, 0.4) is 0 Å². The smallest absolute Gasteiger partial charge is 0.278 e. The minimum atomic E-state index is -0.299. The molecule has 0 aromatic heterocycles. The van der Waals surface area contributed by atoms with Crippen LogP contribution in [0.15, 0.2) is 48.2 Å². The van der Waals surface area contributed by atoms with E-state index in [4.69, 9.17) is 4.74 Å². The van der Waals surface area contributed by atoms with Gasteiger partial charge in [-0.05, 0) is 62.6 Å². The number of hydrogen-bond acceptors (Lipinski definition) is 4. The zero-order chi connectivity index (χ0) is 19.6. The third kappa shape index (κ3) is 3.45. The number of likely N-dealkylation sites (N-methyl/N-ethyl adjacent to an activating group) is 1. The van der Waals surface area contributed by atoms with Crippen LogP contribution in [0.4, 0.5) is 5.69 Å². The Morgan fingerprint density at radius 2 is 1.67 bits per heavy atom. The van der Waals surface area contributed by atoms with Gasteiger partial charge in [0.1, 0.15) is 11.4 Å². The highest BCUT2D eigenvalue weighted by Gasteiger charge is 2.38. The van der Waals surface area contributed by atoms with Gasteiger partial charge in [0, 0.05) is 12.2 Å². The fraction of sp³-hybridized carbons (Fsp3) is 0.273. The molecule has 0 atom stereocenters. The van der Waals surface area contributed by atoms with Gasteiger partial charge in [0.2, 0.25) is 0 Å². The van der Waals surface area contributed by atoms with Gasteiger partial charge in [-0.25, -0.2) is 0 Å². The molecule has 1 N–H and O–H groups in total. The van der Waals surface area contributed by atoms with Crippen molar-refractivity contribution in [3.63, 3.8) is 0 Å². The first-order chi connectivity index (χ1) is 13.0. The van der Waals surface area contributed by atoms with Crippen molar-refractivity contribution in [3.8, 4) is 5.75 Å². The molecule has 0 saturated carbocycles. The lowest BCUT2D eigenvalue weighted by Crippen LogP contribution is -2.32. The number of benzene rings is 2. The predicted molar refractivity (Wildman–Crippen MR) is 106 cm³/mol. The molecule has 0 radical (unpaired) electrons. The summed E-state index contributed by atoms with van der Waals surface area (Å²) >= 11 is 0. The maximum Gasteiger partial charge on any atom is 0.278 e. The second kappa shape index (κ2) is 7.66. The number of rotatable bonds is 6. The molecule has 140 valence electrons. The van der Waals surface area contributed by atoms with E-state index in [9.17, 15) is 9.59 Å². The molecule has 0 spiro atoms. The molecule has 3 rings (SSSR count). The number of nitrogens with zero attached hydrogens (tertiary/aromatic N) is 1. The molecule has 2 aromatic carbocycles. The second-order valence-electron chi connectivity index (χ2n) is 6.43. The molecule has 27 heavy (non-hydrogen) atoms. The van der Waals surface area contributed by atoms with Gasteiger partial charge >= 0.3 is 0 Å². The van der Waals surface area contributed by atoms with Crippen LogP contribution >= 0.6 is 0 Å². The number of imide groups is 1. The largest absolute Gasteiger partial charge is 0.494 e. The monoisotopic (exact) mass is 364 g/mol. The SMILES string of the molecule is CCOc1ccc(C2=C(Nc3cccc(C)c3C)C(=O)N(CC)C2=O)cc1. The van der Waals surface area contributed by atoms with Crippen molar-refractivity contribution in [1.29, 1.82) is 0 Å². The summed E-state index contributed by atoms with van der Waals surface area (Å²) in [6.45, 7) is 8.63. The normalized spacial score (nSPS) is 14.1. The number of aryl methyl sites for hydroxylation is 1. The van der Waals surface area contributed by atoms with Crippen molar-refractivity contribution in [2.24, 2.45) is 0 Å². The molecule has 0 unspecified atom stereocenters. The first-order valence-corrected chi connectivity index (χ1v) is 9.14. The number of anilines is 1. The molecule has 0 bridgehead atoms. The van der Waals surface area contributed by atoms with Crippen LogP contribution in [0, 0.1) is 13.8 Å². The summed E-state index contributed by atoms with van der Waals surface area (Å²) in [7, 11) is 0. The minimum absolute atomic E-state index is 0.278. The van der Waals surface area contributed by atoms with Crippen LogP contribution in [-0.2, 0) is 9.59 Å². The van der Waals surface area contributed by atoms with E-state index in [2.05, 4.69) is 5.32 Å². The van der Waals surface area contributed by atoms with Gasteiger partial charge in [-0.15, -0.1) is 0 Å². The highest BCUT2D eigenvalue weighted by Crippen LogP contribution is 2.32. The second-order valence-corrected chi connectivity index (χ2v) is 6.43. The Hall–Kier alpha value is -3.08. The summed E-state index contributed by atoms with van der Waals surface area (Å²) in [5, 5.41) is 3.22. The lowest BCUT2D eigenvalue weighted by atomic mass is 10.0. The Morgan fingerprint density at radius 3 is 2.30 bits per heavy atom. The molecule has 0 aliphatic carbocycles. The number of carbonyl (C=O) groups excluding carboxylic acids is 2. The average molecular weight is 364 g/mol. The molecule has 1 aliphatic heterocycles. The lowest BCUT2D eigenvalue weighted by Gasteiger charge is -2.14. The molecule has 5 heteroatoms. The van der Waals surface area contributed by atoms with E-state index in [-0.39, 0.29) is 11.8 Å². The molecular formula is C22H24N2O3. The molecular weight excluding hydrogens is 340 g/mol. The average Bonchev–Trinajstić information content (AvgIpc) is 2.89. The molecule has 1 heterocycles. The summed E-state index contributed by atoms with van der Waals surface area (Å²) in [6, 6.07) is 13.1. The van der Waals surface area contributed by atoms with Crippen molar-refractivity contribution < 1.29 is 14.3 Å². The van der Waals surface area contributed by atoms with Gasteiger partial charge < -0.3 is 10.1 Å². The van der Waals surface area contributed by atoms with Gasteiger partial charge in [-0.1, -0.05) is 24.3 Å². The van der Waals surface area contributed by atoms with Crippen molar-refractivity contribution in [1.82, 2.24) is 4.90 Å². The van der Waals surface area contributed by atoms with E-state index in [0.29, 0.717) is 30.0 Å². The maximum absolute atomic E-state index is 12.9. The van der Waals surface area contributed by atoms with Crippen molar-refractivity contribution in [2.75, 3.05) is 18.5 Å².